The number of hydrogen-bond donors (Lipinski definition) is 1. The minimum Gasteiger partial charge on any atom is -0.484 e. The molecule has 0 bridgehead atoms. The molecule has 0 saturated heterocycles. The molecule has 1 aromatic heterocycles. The van der Waals surface area contributed by atoms with E-state index in [9.17, 15) is 9.18 Å². The molecule has 0 aliphatic carbocycles. The second-order valence-electron chi connectivity index (χ2n) is 5.58. The Morgan fingerprint density at radius 3 is 2.79 bits per heavy atom. The number of rotatable bonds is 7. The Hall–Kier alpha value is -2.10. The largest absolute Gasteiger partial charge is 0.484 e. The van der Waals surface area contributed by atoms with E-state index in [0.717, 1.165) is 11.8 Å². The molecule has 1 N–H and O–H groups in total. The maximum absolute atomic E-state index is 13.8. The molecule has 3 rings (SSSR count). The van der Waals surface area contributed by atoms with E-state index in [1.54, 1.807) is 37.3 Å². The Balaban J connectivity index is 1.53. The van der Waals surface area contributed by atoms with Gasteiger partial charge in [-0.15, -0.1) is 10.2 Å². The van der Waals surface area contributed by atoms with Crippen LogP contribution in [0.1, 0.15) is 12.8 Å². The second-order valence-corrected chi connectivity index (χ2v) is 8.22. The summed E-state index contributed by atoms with van der Waals surface area (Å²) in [5, 5.41) is 10.6. The topological polar surface area (TPSA) is 77.2 Å². The highest BCUT2D eigenvalue weighted by molar-refractivity contribution is 9.10. The lowest BCUT2D eigenvalue weighted by Crippen LogP contribution is -2.23. The molecule has 6 nitrogen and oxygen atoms in total. The van der Waals surface area contributed by atoms with Gasteiger partial charge in [0.25, 0.3) is 11.1 Å². The predicted molar refractivity (Wildman–Crippen MR) is 108 cm³/mol. The van der Waals surface area contributed by atoms with E-state index < -0.39 is 11.1 Å². The number of carbonyl (C=O) groups excluding carboxylic acids is 1. The monoisotopic (exact) mass is 485 g/mol. The number of ether oxygens (including phenoxy) is 1. The van der Waals surface area contributed by atoms with Gasteiger partial charge in [0.05, 0.1) is 10.9 Å². The molecule has 0 saturated carbocycles. The van der Waals surface area contributed by atoms with Gasteiger partial charge in [-0.3, -0.25) is 4.79 Å². The van der Waals surface area contributed by atoms with Gasteiger partial charge in [0.15, 0.2) is 6.61 Å². The first-order chi connectivity index (χ1) is 13.4. The maximum atomic E-state index is 13.8. The summed E-state index contributed by atoms with van der Waals surface area (Å²) in [6, 6.07) is 11.3. The number of nitrogens with zero attached hydrogens (tertiary/aromatic N) is 2. The molecule has 1 heterocycles. The molecule has 28 heavy (non-hydrogen) atoms. The number of hydrogen-bond acceptors (Lipinski definition) is 6. The fourth-order valence-electron chi connectivity index (χ4n) is 2.05. The lowest BCUT2D eigenvalue weighted by Gasteiger charge is -2.10. The Labute approximate surface area is 177 Å². The van der Waals surface area contributed by atoms with Gasteiger partial charge in [0.1, 0.15) is 11.6 Å². The summed E-state index contributed by atoms with van der Waals surface area (Å²) < 4.78 is 25.4. The van der Waals surface area contributed by atoms with Crippen molar-refractivity contribution in [2.45, 2.75) is 24.0 Å². The van der Waals surface area contributed by atoms with Crippen LogP contribution in [0.5, 0.6) is 5.75 Å². The third-order valence-electron chi connectivity index (χ3n) is 3.46. The van der Waals surface area contributed by atoms with Gasteiger partial charge in [-0.05, 0) is 49.4 Å². The molecular formula is C18H14BrClFN3O3S. The van der Waals surface area contributed by atoms with Crippen molar-refractivity contribution in [2.24, 2.45) is 0 Å². The van der Waals surface area contributed by atoms with Gasteiger partial charge >= 0.3 is 0 Å². The van der Waals surface area contributed by atoms with E-state index in [1.165, 1.54) is 12.1 Å². The Kier molecular flexibility index (Phi) is 6.93. The minimum atomic E-state index is -0.575. The van der Waals surface area contributed by atoms with Crippen molar-refractivity contribution in [1.29, 1.82) is 0 Å². The van der Waals surface area contributed by atoms with Crippen molar-refractivity contribution >= 4 is 50.9 Å². The molecule has 0 unspecified atom stereocenters. The Bertz CT molecular complexity index is 971. The number of halogens is 3. The number of nitrogens with one attached hydrogen (secondary N) is 1. The van der Waals surface area contributed by atoms with Gasteiger partial charge < -0.3 is 14.5 Å². The zero-order valence-electron chi connectivity index (χ0n) is 14.5. The van der Waals surface area contributed by atoms with Crippen molar-refractivity contribution in [1.82, 2.24) is 10.2 Å². The van der Waals surface area contributed by atoms with Gasteiger partial charge in [-0.2, -0.15) is 0 Å². The summed E-state index contributed by atoms with van der Waals surface area (Å²) in [5.74, 6) is -0.0344. The lowest BCUT2D eigenvalue weighted by molar-refractivity contribution is -0.115. The van der Waals surface area contributed by atoms with Crippen LogP contribution >= 0.6 is 39.3 Å². The standard InChI is InChI=1S/C18H14BrClFN3O3S/c1-10(17(25)22-15-7-2-11(19)8-14(15)21)28-18-24-23-16(27-18)9-26-13-5-3-12(20)4-6-13/h2-8,10H,9H2,1H3,(H,22,25)/t10-/m0/s1. The van der Waals surface area contributed by atoms with Gasteiger partial charge in [0.2, 0.25) is 5.91 Å². The molecule has 10 heteroatoms. The molecule has 0 aliphatic rings. The highest BCUT2D eigenvalue weighted by atomic mass is 79.9. The number of carbonyl (C=O) groups is 1. The average molecular weight is 487 g/mol. The van der Waals surface area contributed by atoms with E-state index in [-0.39, 0.29) is 29.3 Å². The summed E-state index contributed by atoms with van der Waals surface area (Å²) in [6.45, 7) is 1.74. The highest BCUT2D eigenvalue weighted by Crippen LogP contribution is 2.25. The third kappa shape index (κ3) is 5.70. The molecule has 1 atom stereocenters. The van der Waals surface area contributed by atoms with E-state index >= 15 is 0 Å². The first-order valence-electron chi connectivity index (χ1n) is 8.04. The van der Waals surface area contributed by atoms with Crippen LogP contribution in [-0.2, 0) is 11.4 Å². The molecule has 2 aromatic carbocycles. The fourth-order valence-corrected chi connectivity index (χ4v) is 3.21. The average Bonchev–Trinajstić information content (AvgIpc) is 3.11. The van der Waals surface area contributed by atoms with Crippen LogP contribution in [0.3, 0.4) is 0 Å². The lowest BCUT2D eigenvalue weighted by atomic mass is 10.3. The Morgan fingerprint density at radius 1 is 1.32 bits per heavy atom. The van der Waals surface area contributed by atoms with Crippen LogP contribution in [0.25, 0.3) is 0 Å². The molecule has 146 valence electrons. The summed E-state index contributed by atoms with van der Waals surface area (Å²) in [6.07, 6.45) is 0. The molecule has 0 aliphatic heterocycles. The number of aromatic nitrogens is 2. The van der Waals surface area contributed by atoms with Gasteiger partial charge in [0, 0.05) is 9.50 Å². The second kappa shape index (κ2) is 9.40. The van der Waals surface area contributed by atoms with Crippen molar-refractivity contribution in [3.05, 3.63) is 63.7 Å². The zero-order chi connectivity index (χ0) is 20.1. The summed E-state index contributed by atoms with van der Waals surface area (Å²) in [5.41, 5.74) is 0.100. The van der Waals surface area contributed by atoms with Crippen molar-refractivity contribution in [3.8, 4) is 5.75 Å². The Morgan fingerprint density at radius 2 is 2.07 bits per heavy atom. The summed E-state index contributed by atoms with van der Waals surface area (Å²) >= 11 is 10.1. The molecule has 0 fully saturated rings. The van der Waals surface area contributed by atoms with Crippen molar-refractivity contribution in [3.63, 3.8) is 0 Å². The van der Waals surface area contributed by atoms with E-state index in [2.05, 4.69) is 31.4 Å². The van der Waals surface area contributed by atoms with Gasteiger partial charge in [-0.1, -0.05) is 39.3 Å². The van der Waals surface area contributed by atoms with Crippen LogP contribution < -0.4 is 10.1 Å². The van der Waals surface area contributed by atoms with E-state index in [1.807, 2.05) is 0 Å². The SMILES string of the molecule is C[C@H](Sc1nnc(COc2ccc(Cl)cc2)o1)C(=O)Nc1ccc(Br)cc1F. The van der Waals surface area contributed by atoms with Crippen molar-refractivity contribution < 1.29 is 18.3 Å². The minimum absolute atomic E-state index is 0.0832. The first-order valence-corrected chi connectivity index (χ1v) is 10.1. The van der Waals surface area contributed by atoms with E-state index in [0.29, 0.717) is 15.2 Å². The number of anilines is 1. The zero-order valence-corrected chi connectivity index (χ0v) is 17.6. The molecule has 1 amide bonds. The first kappa shape index (κ1) is 20.6. The summed E-state index contributed by atoms with van der Waals surface area (Å²) in [7, 11) is 0. The number of benzene rings is 2. The number of thioether (sulfide) groups is 1. The van der Waals surface area contributed by atoms with Crippen LogP contribution in [0.4, 0.5) is 10.1 Å². The molecule has 0 radical (unpaired) electrons. The van der Waals surface area contributed by atoms with Crippen LogP contribution in [0, 0.1) is 5.82 Å². The number of amides is 1. The fraction of sp³-hybridized carbons (Fsp3) is 0.167. The summed E-state index contributed by atoms with van der Waals surface area (Å²) in [4.78, 5) is 12.3. The van der Waals surface area contributed by atoms with Crippen molar-refractivity contribution in [2.75, 3.05) is 5.32 Å². The molecular weight excluding hydrogens is 473 g/mol. The van der Waals surface area contributed by atoms with Crippen LogP contribution in [-0.4, -0.2) is 21.4 Å². The van der Waals surface area contributed by atoms with Crippen LogP contribution in [0.2, 0.25) is 5.02 Å². The maximum Gasteiger partial charge on any atom is 0.277 e. The van der Waals surface area contributed by atoms with Gasteiger partial charge in [-0.25, -0.2) is 4.39 Å². The third-order valence-corrected chi connectivity index (χ3v) is 5.14. The predicted octanol–water partition coefficient (Wildman–Crippen LogP) is 5.32. The highest BCUT2D eigenvalue weighted by Gasteiger charge is 2.19. The molecule has 3 aromatic rings. The normalized spacial score (nSPS) is 11.9. The van der Waals surface area contributed by atoms with Crippen LogP contribution in [0.15, 0.2) is 56.6 Å². The quantitative estimate of drug-likeness (QED) is 0.455. The van der Waals surface area contributed by atoms with E-state index in [4.69, 9.17) is 20.8 Å². The smallest absolute Gasteiger partial charge is 0.277 e. The molecule has 0 spiro atoms.